The predicted octanol–water partition coefficient (Wildman–Crippen LogP) is 2.81. The first-order valence-corrected chi connectivity index (χ1v) is 5.75. The van der Waals surface area contributed by atoms with E-state index in [1.165, 1.54) is 0 Å². The molecule has 1 aliphatic rings. The molecule has 0 radical (unpaired) electrons. The van der Waals surface area contributed by atoms with Gasteiger partial charge >= 0.3 is 11.8 Å². The first kappa shape index (κ1) is 13.5. The average Bonchev–Trinajstić information content (AvgIpc) is 2.79. The molecule has 4 heteroatoms. The van der Waals surface area contributed by atoms with Crippen molar-refractivity contribution in [2.75, 3.05) is 0 Å². The highest BCUT2D eigenvalue weighted by Gasteiger charge is 2.67. The summed E-state index contributed by atoms with van der Waals surface area (Å²) in [5.41, 5.74) is -0.897. The molecule has 0 aliphatic carbocycles. The van der Waals surface area contributed by atoms with Crippen molar-refractivity contribution >= 4 is 5.97 Å². The van der Waals surface area contributed by atoms with Gasteiger partial charge in [-0.3, -0.25) is 0 Å². The van der Waals surface area contributed by atoms with Crippen molar-refractivity contribution in [3.05, 3.63) is 0 Å². The molecule has 1 saturated heterocycles. The zero-order valence-corrected chi connectivity index (χ0v) is 11.0. The van der Waals surface area contributed by atoms with Crippen LogP contribution in [-0.2, 0) is 19.3 Å². The summed E-state index contributed by atoms with van der Waals surface area (Å²) in [4.78, 5) is 21.7. The molecule has 0 spiro atoms. The van der Waals surface area contributed by atoms with Gasteiger partial charge in [0.2, 0.25) is 0 Å². The molecule has 0 N–H and O–H groups in total. The Morgan fingerprint density at radius 1 is 1.19 bits per heavy atom. The van der Waals surface area contributed by atoms with Crippen molar-refractivity contribution in [3.8, 4) is 0 Å². The first-order valence-electron chi connectivity index (χ1n) is 5.75. The van der Waals surface area contributed by atoms with Gasteiger partial charge < -0.3 is 4.74 Å². The van der Waals surface area contributed by atoms with Crippen LogP contribution in [0.15, 0.2) is 0 Å². The molecular formula is C12H22O4. The molecule has 0 unspecified atom stereocenters. The third-order valence-electron chi connectivity index (χ3n) is 2.73. The fraction of sp³-hybridized carbons (Fsp3) is 0.917. The molecule has 0 aromatic carbocycles. The summed E-state index contributed by atoms with van der Waals surface area (Å²) in [5, 5.41) is 0. The summed E-state index contributed by atoms with van der Waals surface area (Å²) in [7, 11) is 0. The molecule has 0 amide bonds. The number of carbonyl (C=O) groups is 1. The number of hydrogen-bond donors (Lipinski definition) is 0. The smallest absolute Gasteiger partial charge is 0.373 e. The quantitative estimate of drug-likeness (QED) is 0.423. The lowest BCUT2D eigenvalue weighted by atomic mass is 9.86. The Labute approximate surface area is 97.2 Å². The monoisotopic (exact) mass is 230 g/mol. The van der Waals surface area contributed by atoms with Crippen LogP contribution in [0.25, 0.3) is 0 Å². The second kappa shape index (κ2) is 4.00. The highest BCUT2D eigenvalue weighted by molar-refractivity contribution is 5.80. The normalized spacial score (nSPS) is 19.4. The van der Waals surface area contributed by atoms with E-state index in [-0.39, 0.29) is 0 Å². The Bertz CT molecular complexity index is 271. The minimum absolute atomic E-state index is 0.424. The third-order valence-corrected chi connectivity index (χ3v) is 2.73. The van der Waals surface area contributed by atoms with Gasteiger partial charge in [-0.1, -0.05) is 34.1 Å². The van der Waals surface area contributed by atoms with Crippen molar-refractivity contribution in [1.82, 2.24) is 0 Å². The summed E-state index contributed by atoms with van der Waals surface area (Å²) < 4.78 is 5.44. The number of hydrogen-bond acceptors (Lipinski definition) is 4. The minimum atomic E-state index is -1.21. The van der Waals surface area contributed by atoms with Gasteiger partial charge in [0.1, 0.15) is 5.60 Å². The van der Waals surface area contributed by atoms with E-state index >= 15 is 0 Å². The van der Waals surface area contributed by atoms with Gasteiger partial charge in [-0.15, -0.1) is 0 Å². The fourth-order valence-corrected chi connectivity index (χ4v) is 1.64. The van der Waals surface area contributed by atoms with E-state index in [1.807, 2.05) is 34.6 Å². The Balaban J connectivity index is 2.67. The number of ether oxygens (including phenoxy) is 1. The molecule has 0 saturated carbocycles. The van der Waals surface area contributed by atoms with Crippen LogP contribution in [-0.4, -0.2) is 17.4 Å². The maximum Gasteiger partial charge on any atom is 0.373 e. The molecule has 0 aromatic rings. The van der Waals surface area contributed by atoms with E-state index in [4.69, 9.17) is 14.5 Å². The van der Waals surface area contributed by atoms with Crippen molar-refractivity contribution in [3.63, 3.8) is 0 Å². The molecule has 0 aromatic heterocycles. The van der Waals surface area contributed by atoms with E-state index in [0.29, 0.717) is 0 Å². The average molecular weight is 230 g/mol. The summed E-state index contributed by atoms with van der Waals surface area (Å²) >= 11 is 0. The number of rotatable bonds is 4. The van der Waals surface area contributed by atoms with E-state index in [2.05, 4.69) is 6.92 Å². The first-order chi connectivity index (χ1) is 7.15. The lowest BCUT2D eigenvalue weighted by Crippen LogP contribution is -2.43. The van der Waals surface area contributed by atoms with Crippen LogP contribution in [0.4, 0.5) is 0 Å². The summed E-state index contributed by atoms with van der Waals surface area (Å²) in [6, 6.07) is 0. The Kier molecular flexibility index (Phi) is 3.37. The van der Waals surface area contributed by atoms with Gasteiger partial charge in [-0.2, -0.15) is 9.78 Å². The van der Waals surface area contributed by atoms with Crippen LogP contribution in [0.3, 0.4) is 0 Å². The van der Waals surface area contributed by atoms with Gasteiger partial charge in [-0.05, 0) is 20.3 Å². The van der Waals surface area contributed by atoms with E-state index in [0.717, 1.165) is 12.8 Å². The van der Waals surface area contributed by atoms with Crippen LogP contribution in [0.1, 0.15) is 54.4 Å². The molecule has 0 atom stereocenters. The predicted molar refractivity (Wildman–Crippen MR) is 59.4 cm³/mol. The lowest BCUT2D eigenvalue weighted by Gasteiger charge is -2.28. The highest BCUT2D eigenvalue weighted by Crippen LogP contribution is 2.47. The summed E-state index contributed by atoms with van der Waals surface area (Å²) in [6.45, 7) is 11.5. The summed E-state index contributed by atoms with van der Waals surface area (Å²) in [6.07, 6.45) is 1.78. The molecule has 1 fully saturated rings. The van der Waals surface area contributed by atoms with E-state index in [1.54, 1.807) is 0 Å². The molecule has 4 nitrogen and oxygen atoms in total. The fourth-order valence-electron chi connectivity index (χ4n) is 1.64. The molecule has 1 heterocycles. The maximum absolute atomic E-state index is 12.0. The minimum Gasteiger partial charge on any atom is -0.456 e. The van der Waals surface area contributed by atoms with Gasteiger partial charge in [0.15, 0.2) is 0 Å². The largest absolute Gasteiger partial charge is 0.456 e. The Hall–Kier alpha value is -0.610. The van der Waals surface area contributed by atoms with Crippen LogP contribution in [0.5, 0.6) is 0 Å². The Morgan fingerprint density at radius 3 is 2.00 bits per heavy atom. The van der Waals surface area contributed by atoms with Crippen molar-refractivity contribution in [2.45, 2.75) is 65.8 Å². The van der Waals surface area contributed by atoms with Crippen molar-refractivity contribution in [2.24, 2.45) is 5.41 Å². The van der Waals surface area contributed by atoms with E-state index < -0.39 is 22.8 Å². The lowest BCUT2D eigenvalue weighted by molar-refractivity contribution is -0.169. The number of carbonyl (C=O) groups excluding carboxylic acids is 1. The topological polar surface area (TPSA) is 51.4 Å². The SMILES string of the molecule is CCCC(C)(C)OC(=O)C1(C(C)(C)C)OO1. The third kappa shape index (κ3) is 2.55. The van der Waals surface area contributed by atoms with Gasteiger partial charge in [-0.25, -0.2) is 4.79 Å². The van der Waals surface area contributed by atoms with Crippen molar-refractivity contribution in [1.29, 1.82) is 0 Å². The highest BCUT2D eigenvalue weighted by atomic mass is 17.4. The van der Waals surface area contributed by atoms with Crippen molar-refractivity contribution < 1.29 is 19.3 Å². The second-order valence-corrected chi connectivity index (χ2v) is 5.93. The summed E-state index contributed by atoms with van der Waals surface area (Å²) in [5.74, 6) is -1.64. The zero-order valence-electron chi connectivity index (χ0n) is 11.0. The van der Waals surface area contributed by atoms with Gasteiger partial charge in [0.25, 0.3) is 0 Å². The van der Waals surface area contributed by atoms with Crippen LogP contribution >= 0.6 is 0 Å². The van der Waals surface area contributed by atoms with Crippen LogP contribution in [0.2, 0.25) is 0 Å². The molecule has 16 heavy (non-hydrogen) atoms. The zero-order chi connectivity index (χ0) is 12.6. The van der Waals surface area contributed by atoms with Crippen LogP contribution in [0, 0.1) is 5.41 Å². The molecular weight excluding hydrogens is 208 g/mol. The second-order valence-electron chi connectivity index (χ2n) is 5.93. The van der Waals surface area contributed by atoms with Gasteiger partial charge in [0.05, 0.1) is 0 Å². The van der Waals surface area contributed by atoms with Gasteiger partial charge in [0, 0.05) is 5.41 Å². The maximum atomic E-state index is 12.0. The Morgan fingerprint density at radius 2 is 1.69 bits per heavy atom. The standard InChI is InChI=1S/C12H22O4/c1-7-8-11(5,6)14-9(13)12(15-16-12)10(2,3)4/h7-8H2,1-6H3. The van der Waals surface area contributed by atoms with Crippen LogP contribution < -0.4 is 0 Å². The molecule has 0 bridgehead atoms. The van der Waals surface area contributed by atoms with E-state index in [9.17, 15) is 4.79 Å². The molecule has 1 rings (SSSR count). The molecule has 94 valence electrons. The number of esters is 1. The molecule has 1 aliphatic heterocycles.